The molecule has 0 N–H and O–H groups in total. The second kappa shape index (κ2) is 10.3. The van der Waals surface area contributed by atoms with Gasteiger partial charge in [0.25, 0.3) is 0 Å². The van der Waals surface area contributed by atoms with Gasteiger partial charge in [-0.1, -0.05) is 49.6 Å². The average molecular weight is 415 g/mol. The SMILES string of the molecule is CCCCCc1cc(OC(C)(C)OC)c(-c2cccc(C)c2)c(OC(C)(C)OC)c1. The number of rotatable bonds is 11. The van der Waals surface area contributed by atoms with Crippen molar-refractivity contribution in [1.29, 1.82) is 0 Å². The molecule has 0 amide bonds. The molecule has 166 valence electrons. The fourth-order valence-electron chi connectivity index (χ4n) is 3.23. The zero-order valence-corrected chi connectivity index (χ0v) is 19.9. The van der Waals surface area contributed by atoms with Crippen molar-refractivity contribution in [3.8, 4) is 22.6 Å². The quantitative estimate of drug-likeness (QED) is 0.295. The van der Waals surface area contributed by atoms with Crippen molar-refractivity contribution in [2.45, 2.75) is 78.8 Å². The molecule has 0 saturated heterocycles. The van der Waals surface area contributed by atoms with Crippen molar-refractivity contribution in [1.82, 2.24) is 0 Å². The van der Waals surface area contributed by atoms with Crippen LogP contribution in [0, 0.1) is 6.92 Å². The highest BCUT2D eigenvalue weighted by Crippen LogP contribution is 2.43. The standard InChI is InChI=1S/C26H38O4/c1-9-10-11-14-20-17-22(29-25(3,4)27-7)24(21-15-12-13-19(2)16-21)23(18-20)30-26(5,6)28-8/h12-13,15-18H,9-11,14H2,1-8H3. The van der Waals surface area contributed by atoms with Crippen molar-refractivity contribution in [3.63, 3.8) is 0 Å². The summed E-state index contributed by atoms with van der Waals surface area (Å²) in [6.45, 7) is 12.0. The van der Waals surface area contributed by atoms with Crippen molar-refractivity contribution < 1.29 is 18.9 Å². The maximum absolute atomic E-state index is 6.37. The van der Waals surface area contributed by atoms with Crippen LogP contribution in [0.4, 0.5) is 0 Å². The van der Waals surface area contributed by atoms with E-state index in [1.807, 2.05) is 27.7 Å². The minimum Gasteiger partial charge on any atom is -0.462 e. The van der Waals surface area contributed by atoms with Crippen LogP contribution in [0.1, 0.15) is 65.0 Å². The predicted octanol–water partition coefficient (Wildman–Crippen LogP) is 6.92. The van der Waals surface area contributed by atoms with Gasteiger partial charge in [-0.25, -0.2) is 0 Å². The van der Waals surface area contributed by atoms with Gasteiger partial charge in [0.15, 0.2) is 0 Å². The van der Waals surface area contributed by atoms with Gasteiger partial charge in [0.2, 0.25) is 11.6 Å². The van der Waals surface area contributed by atoms with Crippen LogP contribution >= 0.6 is 0 Å². The fourth-order valence-corrected chi connectivity index (χ4v) is 3.23. The smallest absolute Gasteiger partial charge is 0.204 e. The van der Waals surface area contributed by atoms with E-state index in [4.69, 9.17) is 18.9 Å². The number of hydrogen-bond acceptors (Lipinski definition) is 4. The van der Waals surface area contributed by atoms with Crippen LogP contribution in [-0.4, -0.2) is 25.8 Å². The zero-order valence-electron chi connectivity index (χ0n) is 19.9. The fraction of sp³-hybridized carbons (Fsp3) is 0.538. The lowest BCUT2D eigenvalue weighted by molar-refractivity contribution is -0.137. The molecule has 0 aliphatic carbocycles. The number of ether oxygens (including phenoxy) is 4. The first-order valence-corrected chi connectivity index (χ1v) is 10.8. The zero-order chi connectivity index (χ0) is 22.4. The highest BCUT2D eigenvalue weighted by atomic mass is 16.7. The third kappa shape index (κ3) is 6.75. The molecule has 0 saturated carbocycles. The lowest BCUT2D eigenvalue weighted by atomic mass is 9.97. The third-order valence-corrected chi connectivity index (χ3v) is 5.20. The molecule has 4 nitrogen and oxygen atoms in total. The molecule has 0 atom stereocenters. The lowest BCUT2D eigenvalue weighted by Crippen LogP contribution is -2.32. The van der Waals surface area contributed by atoms with Crippen LogP contribution in [0.25, 0.3) is 11.1 Å². The van der Waals surface area contributed by atoms with E-state index in [0.717, 1.165) is 35.5 Å². The Kier molecular flexibility index (Phi) is 8.34. The Balaban J connectivity index is 2.68. The van der Waals surface area contributed by atoms with Crippen molar-refractivity contribution in [2.75, 3.05) is 14.2 Å². The number of benzene rings is 2. The van der Waals surface area contributed by atoms with Gasteiger partial charge < -0.3 is 18.9 Å². The maximum Gasteiger partial charge on any atom is 0.204 e. The Morgan fingerprint density at radius 1 is 0.800 bits per heavy atom. The molecular weight excluding hydrogens is 376 g/mol. The molecule has 0 bridgehead atoms. The van der Waals surface area contributed by atoms with Crippen LogP contribution in [0.2, 0.25) is 0 Å². The Morgan fingerprint density at radius 2 is 1.37 bits per heavy atom. The number of hydrogen-bond donors (Lipinski definition) is 0. The summed E-state index contributed by atoms with van der Waals surface area (Å²) in [6.07, 6.45) is 4.47. The molecule has 0 radical (unpaired) electrons. The summed E-state index contributed by atoms with van der Waals surface area (Å²) in [5.41, 5.74) is 4.31. The Hall–Kier alpha value is -2.04. The minimum absolute atomic E-state index is 0.753. The van der Waals surface area contributed by atoms with Gasteiger partial charge in [0.1, 0.15) is 11.5 Å². The highest BCUT2D eigenvalue weighted by Gasteiger charge is 2.27. The molecule has 0 spiro atoms. The van der Waals surface area contributed by atoms with E-state index >= 15 is 0 Å². The summed E-state index contributed by atoms with van der Waals surface area (Å²) in [4.78, 5) is 0. The summed E-state index contributed by atoms with van der Waals surface area (Å²) in [5.74, 6) is -0.0322. The van der Waals surface area contributed by atoms with Gasteiger partial charge in [-0.2, -0.15) is 0 Å². The summed E-state index contributed by atoms with van der Waals surface area (Å²) in [5, 5.41) is 0. The van der Waals surface area contributed by atoms with Crippen LogP contribution in [0.15, 0.2) is 36.4 Å². The number of unbranched alkanes of at least 4 members (excludes halogenated alkanes) is 2. The third-order valence-electron chi connectivity index (χ3n) is 5.20. The predicted molar refractivity (Wildman–Crippen MR) is 123 cm³/mol. The van der Waals surface area contributed by atoms with Crippen LogP contribution in [0.5, 0.6) is 11.5 Å². The van der Waals surface area contributed by atoms with Gasteiger partial charge in [-0.15, -0.1) is 0 Å². The molecule has 2 aromatic rings. The lowest BCUT2D eigenvalue weighted by Gasteiger charge is -2.30. The first-order chi connectivity index (χ1) is 14.1. The molecule has 2 rings (SSSR count). The molecular formula is C26H38O4. The van der Waals surface area contributed by atoms with Gasteiger partial charge >= 0.3 is 0 Å². The molecule has 4 heteroatoms. The second-order valence-electron chi connectivity index (χ2n) is 8.71. The molecule has 30 heavy (non-hydrogen) atoms. The highest BCUT2D eigenvalue weighted by molar-refractivity contribution is 5.78. The first kappa shape index (κ1) is 24.2. The first-order valence-electron chi connectivity index (χ1n) is 10.8. The Labute approximate surface area is 182 Å². The molecule has 0 fully saturated rings. The Bertz CT molecular complexity index is 785. The summed E-state index contributed by atoms with van der Waals surface area (Å²) >= 11 is 0. The van der Waals surface area contributed by atoms with E-state index < -0.39 is 11.6 Å². The van der Waals surface area contributed by atoms with Gasteiger partial charge in [-0.05, 0) is 43.0 Å². The monoisotopic (exact) mass is 414 g/mol. The molecule has 0 aromatic heterocycles. The van der Waals surface area contributed by atoms with Gasteiger partial charge in [0.05, 0.1) is 5.56 Å². The summed E-state index contributed by atoms with van der Waals surface area (Å²) in [6, 6.07) is 12.6. The Morgan fingerprint density at radius 3 is 1.83 bits per heavy atom. The molecule has 0 aliphatic rings. The normalized spacial score (nSPS) is 12.1. The largest absolute Gasteiger partial charge is 0.462 e. The van der Waals surface area contributed by atoms with E-state index in [9.17, 15) is 0 Å². The topological polar surface area (TPSA) is 36.9 Å². The van der Waals surface area contributed by atoms with E-state index in [2.05, 4.69) is 50.2 Å². The van der Waals surface area contributed by atoms with E-state index in [0.29, 0.717) is 0 Å². The van der Waals surface area contributed by atoms with E-state index in [-0.39, 0.29) is 0 Å². The van der Waals surface area contributed by atoms with Crippen molar-refractivity contribution >= 4 is 0 Å². The number of methoxy groups -OCH3 is 2. The van der Waals surface area contributed by atoms with Crippen LogP contribution in [0.3, 0.4) is 0 Å². The maximum atomic E-state index is 6.37. The minimum atomic E-state index is -0.769. The second-order valence-corrected chi connectivity index (χ2v) is 8.71. The summed E-state index contributed by atoms with van der Waals surface area (Å²) in [7, 11) is 3.31. The average Bonchev–Trinajstić information content (AvgIpc) is 2.67. The van der Waals surface area contributed by atoms with Crippen molar-refractivity contribution in [3.05, 3.63) is 47.5 Å². The van der Waals surface area contributed by atoms with Crippen LogP contribution in [-0.2, 0) is 15.9 Å². The van der Waals surface area contributed by atoms with Gasteiger partial charge in [0, 0.05) is 41.9 Å². The van der Waals surface area contributed by atoms with Gasteiger partial charge in [-0.3, -0.25) is 0 Å². The van der Waals surface area contributed by atoms with Crippen molar-refractivity contribution in [2.24, 2.45) is 0 Å². The summed E-state index contributed by atoms with van der Waals surface area (Å²) < 4.78 is 23.9. The van der Waals surface area contributed by atoms with E-state index in [1.54, 1.807) is 14.2 Å². The van der Waals surface area contributed by atoms with E-state index in [1.165, 1.54) is 24.0 Å². The van der Waals surface area contributed by atoms with Crippen LogP contribution < -0.4 is 9.47 Å². The molecule has 2 aromatic carbocycles. The molecule has 0 aliphatic heterocycles. The number of aryl methyl sites for hydroxylation is 2. The molecule has 0 unspecified atom stereocenters. The molecule has 0 heterocycles.